The van der Waals surface area contributed by atoms with Gasteiger partial charge in [-0.3, -0.25) is 19.2 Å². The second-order valence-electron chi connectivity index (χ2n) is 12.9. The number of ether oxygens (including phenoxy) is 1. The van der Waals surface area contributed by atoms with E-state index in [9.17, 15) is 49.2 Å². The normalized spacial score (nSPS) is 12.8. The van der Waals surface area contributed by atoms with Crippen LogP contribution in [0.5, 0.6) is 5.75 Å². The molecule has 4 aromatic rings. The largest absolute Gasteiger partial charge is 0.508 e. The van der Waals surface area contributed by atoms with Crippen molar-refractivity contribution in [3.8, 4) is 5.75 Å². The van der Waals surface area contributed by atoms with Gasteiger partial charge in [-0.25, -0.2) is 9.59 Å². The van der Waals surface area contributed by atoms with Gasteiger partial charge >= 0.3 is 24.0 Å². The third-order valence-corrected chi connectivity index (χ3v) is 9.48. The van der Waals surface area contributed by atoms with Crippen LogP contribution in [0.4, 0.5) is 4.79 Å². The number of phenols is 1. The molecular weight excluding hydrogens is 826 g/mol. The summed E-state index contributed by atoms with van der Waals surface area (Å²) in [7, 11) is 0. The first-order chi connectivity index (χ1) is 26.9. The first-order valence-corrected chi connectivity index (χ1v) is 18.6. The minimum absolute atomic E-state index is 0.0359. The predicted octanol–water partition coefficient (Wildman–Crippen LogP) is 7.75. The van der Waals surface area contributed by atoms with E-state index < -0.39 is 59.6 Å². The number of hydrogen-bond acceptors (Lipinski definition) is 8. The Balaban J connectivity index is 0.000000310. The second kappa shape index (κ2) is 21.8. The van der Waals surface area contributed by atoms with Crippen LogP contribution in [0.15, 0.2) is 91.0 Å². The SMILES string of the molecule is CC(C)C[C@H](NC(=O)OCc1ccccc1)C(=O)N[C@@H](Cc1ccc(O)cc1)C(=O)O.O=C(O)C(C(=O)C(C(=O)O)c1c(Cl)cccc1Cl)c1c(Cl)cccc1Cl. The minimum Gasteiger partial charge on any atom is -0.508 e. The van der Waals surface area contributed by atoms with Crippen LogP contribution in [0.2, 0.25) is 20.1 Å². The molecular formula is C40H38Cl4N2O11. The number of amides is 2. The number of alkyl carbamates (subject to hydrolysis) is 1. The van der Waals surface area contributed by atoms with Crippen LogP contribution in [-0.2, 0) is 41.7 Å². The maximum atomic E-state index is 12.9. The Morgan fingerprint density at radius 3 is 1.49 bits per heavy atom. The van der Waals surface area contributed by atoms with E-state index in [0.29, 0.717) is 12.0 Å². The Bertz CT molecular complexity index is 1950. The molecule has 0 aliphatic heterocycles. The summed E-state index contributed by atoms with van der Waals surface area (Å²) in [5.74, 6) is -9.85. The summed E-state index contributed by atoms with van der Waals surface area (Å²) in [5.41, 5.74) is 1.06. The highest BCUT2D eigenvalue weighted by molar-refractivity contribution is 6.39. The van der Waals surface area contributed by atoms with Crippen molar-refractivity contribution in [3.05, 3.63) is 133 Å². The molecule has 0 saturated carbocycles. The molecule has 0 aliphatic carbocycles. The van der Waals surface area contributed by atoms with Crippen LogP contribution in [0.25, 0.3) is 0 Å². The second-order valence-corrected chi connectivity index (χ2v) is 14.5. The number of halogens is 4. The van der Waals surface area contributed by atoms with Crippen LogP contribution >= 0.6 is 46.4 Å². The summed E-state index contributed by atoms with van der Waals surface area (Å²) < 4.78 is 5.18. The molecule has 4 rings (SSSR count). The van der Waals surface area contributed by atoms with E-state index in [-0.39, 0.29) is 55.9 Å². The maximum absolute atomic E-state index is 12.9. The molecule has 17 heteroatoms. The van der Waals surface area contributed by atoms with Gasteiger partial charge in [-0.2, -0.15) is 0 Å². The number of benzene rings is 4. The number of carboxylic acids is 3. The lowest BCUT2D eigenvalue weighted by Crippen LogP contribution is -2.52. The fourth-order valence-corrected chi connectivity index (χ4v) is 6.70. The van der Waals surface area contributed by atoms with Crippen molar-refractivity contribution in [1.82, 2.24) is 10.6 Å². The summed E-state index contributed by atoms with van der Waals surface area (Å²) in [5, 5.41) is 42.7. The Morgan fingerprint density at radius 2 is 1.07 bits per heavy atom. The Hall–Kier alpha value is -5.34. The molecule has 0 saturated heterocycles. The third kappa shape index (κ3) is 13.7. The van der Waals surface area contributed by atoms with Gasteiger partial charge in [-0.1, -0.05) is 115 Å². The molecule has 0 bridgehead atoms. The average Bonchev–Trinajstić information content (AvgIpc) is 3.14. The molecule has 2 unspecified atom stereocenters. The van der Waals surface area contributed by atoms with Gasteiger partial charge in [0.05, 0.1) is 0 Å². The van der Waals surface area contributed by atoms with Gasteiger partial charge in [0.1, 0.15) is 36.3 Å². The van der Waals surface area contributed by atoms with Crippen molar-refractivity contribution in [3.63, 3.8) is 0 Å². The number of Topliss-reactive ketones (excluding diaryl/α,β-unsaturated/α-hetero) is 1. The number of rotatable bonds is 16. The number of nitrogens with one attached hydrogen (secondary N) is 2. The smallest absolute Gasteiger partial charge is 0.408 e. The van der Waals surface area contributed by atoms with Gasteiger partial charge in [0.15, 0.2) is 5.78 Å². The standard InChI is InChI=1S/C23H28N2O6.C17H10Cl4O5/c1-15(2)12-19(25-23(30)31-14-17-6-4-3-5-7-17)21(27)24-20(22(28)29)13-16-8-10-18(26)11-9-16;18-7-3-1-4-8(19)11(7)13(16(23)24)15(22)14(17(25)26)12-9(20)5-2-6-10(12)21/h3-11,15,19-20,26H,12-14H2,1-2H3,(H,24,27)(H,25,30)(H,28,29);1-6,13-14H,(H,23,24)(H,25,26)/t19-,20-;/m0./s1. The van der Waals surface area contributed by atoms with Gasteiger partial charge < -0.3 is 35.8 Å². The van der Waals surface area contributed by atoms with E-state index in [2.05, 4.69) is 10.6 Å². The number of phenolic OH excluding ortho intramolecular Hbond substituents is 1. The van der Waals surface area contributed by atoms with E-state index in [1.165, 1.54) is 48.5 Å². The fraction of sp³-hybridized carbons (Fsp3) is 0.250. The fourth-order valence-electron chi connectivity index (χ4n) is 5.46. The Labute approximate surface area is 347 Å². The number of carbonyl (C=O) groups is 6. The third-order valence-electron chi connectivity index (χ3n) is 8.16. The lowest BCUT2D eigenvalue weighted by Gasteiger charge is -2.22. The zero-order chi connectivity index (χ0) is 42.4. The van der Waals surface area contributed by atoms with Crippen LogP contribution in [0.1, 0.15) is 54.4 Å². The predicted molar refractivity (Wildman–Crippen MR) is 213 cm³/mol. The summed E-state index contributed by atoms with van der Waals surface area (Å²) >= 11 is 24.0. The highest BCUT2D eigenvalue weighted by atomic mass is 35.5. The molecule has 4 aromatic carbocycles. The number of aliphatic carboxylic acids is 3. The molecule has 0 aromatic heterocycles. The van der Waals surface area contributed by atoms with Gasteiger partial charge in [-0.05, 0) is 59.9 Å². The van der Waals surface area contributed by atoms with Gasteiger partial charge in [0.2, 0.25) is 5.91 Å². The first-order valence-electron chi connectivity index (χ1n) is 17.1. The summed E-state index contributed by atoms with van der Waals surface area (Å²) in [6.45, 7) is 3.84. The highest BCUT2D eigenvalue weighted by Crippen LogP contribution is 2.39. The molecule has 4 atom stereocenters. The molecule has 0 spiro atoms. The molecule has 13 nitrogen and oxygen atoms in total. The highest BCUT2D eigenvalue weighted by Gasteiger charge is 2.42. The molecule has 0 heterocycles. The molecule has 0 radical (unpaired) electrons. The van der Waals surface area contributed by atoms with Crippen molar-refractivity contribution in [2.75, 3.05) is 0 Å². The quantitative estimate of drug-likeness (QED) is 0.0599. The Kier molecular flexibility index (Phi) is 17.6. The lowest BCUT2D eigenvalue weighted by atomic mass is 9.83. The van der Waals surface area contributed by atoms with E-state index in [0.717, 1.165) is 5.56 Å². The zero-order valence-electron chi connectivity index (χ0n) is 30.3. The van der Waals surface area contributed by atoms with Crippen molar-refractivity contribution in [1.29, 1.82) is 0 Å². The van der Waals surface area contributed by atoms with Crippen molar-refractivity contribution in [2.24, 2.45) is 5.92 Å². The van der Waals surface area contributed by atoms with Gasteiger partial charge in [-0.15, -0.1) is 0 Å². The van der Waals surface area contributed by atoms with Crippen molar-refractivity contribution < 1.29 is 53.9 Å². The van der Waals surface area contributed by atoms with Gasteiger partial charge in [0.25, 0.3) is 0 Å². The topological polar surface area (TPSA) is 217 Å². The van der Waals surface area contributed by atoms with E-state index in [4.69, 9.17) is 51.1 Å². The summed E-state index contributed by atoms with van der Waals surface area (Å²) in [6, 6.07) is 21.4. The van der Waals surface area contributed by atoms with Crippen LogP contribution in [0, 0.1) is 5.92 Å². The minimum atomic E-state index is -1.91. The molecule has 2 amide bonds. The number of carboxylic acid groups (broad SMARTS) is 3. The number of ketones is 1. The molecule has 302 valence electrons. The van der Waals surface area contributed by atoms with E-state index >= 15 is 0 Å². The number of hydrogen-bond donors (Lipinski definition) is 6. The lowest BCUT2D eigenvalue weighted by molar-refractivity contribution is -0.147. The molecule has 6 N–H and O–H groups in total. The zero-order valence-corrected chi connectivity index (χ0v) is 33.4. The van der Waals surface area contributed by atoms with E-state index in [1.807, 2.05) is 44.2 Å². The summed E-state index contributed by atoms with van der Waals surface area (Å²) in [4.78, 5) is 73.1. The monoisotopic (exact) mass is 862 g/mol. The molecule has 57 heavy (non-hydrogen) atoms. The van der Waals surface area contributed by atoms with Crippen molar-refractivity contribution >= 4 is 82.1 Å². The van der Waals surface area contributed by atoms with E-state index in [1.54, 1.807) is 12.1 Å². The number of carbonyl (C=O) groups excluding carboxylic acids is 3. The first kappa shape index (κ1) is 46.0. The average molecular weight is 865 g/mol. The van der Waals surface area contributed by atoms with Crippen LogP contribution < -0.4 is 10.6 Å². The van der Waals surface area contributed by atoms with Crippen LogP contribution in [-0.4, -0.2) is 68.2 Å². The molecule has 0 fully saturated rings. The van der Waals surface area contributed by atoms with Crippen molar-refractivity contribution in [2.45, 2.75) is 57.2 Å². The van der Waals surface area contributed by atoms with Crippen LogP contribution in [0.3, 0.4) is 0 Å². The maximum Gasteiger partial charge on any atom is 0.408 e. The molecule has 0 aliphatic rings. The Morgan fingerprint density at radius 1 is 0.596 bits per heavy atom. The van der Waals surface area contributed by atoms with Gasteiger partial charge in [0, 0.05) is 37.6 Å². The summed E-state index contributed by atoms with van der Waals surface area (Å²) in [6.07, 6.45) is -0.401. The number of aromatic hydroxyl groups is 1.